The van der Waals surface area contributed by atoms with Gasteiger partial charge in [0.05, 0.1) is 13.2 Å². The number of carbonyl (C=O) groups excluding carboxylic acids is 1. The van der Waals surface area contributed by atoms with Gasteiger partial charge in [0, 0.05) is 6.26 Å². The van der Waals surface area contributed by atoms with Crippen LogP contribution in [0.25, 0.3) is 0 Å². The van der Waals surface area contributed by atoms with Crippen molar-refractivity contribution in [3.63, 3.8) is 0 Å². The molecule has 0 aliphatic carbocycles. The maximum Gasteiger partial charge on any atom is 0.242 e. The first-order valence-corrected chi connectivity index (χ1v) is 9.54. The van der Waals surface area contributed by atoms with Crippen molar-refractivity contribution in [1.82, 2.24) is 10.6 Å². The van der Waals surface area contributed by atoms with Crippen LogP contribution in [0.2, 0.25) is 0 Å². The number of hydrogen-bond donors (Lipinski definition) is 2. The highest BCUT2D eigenvalue weighted by Crippen LogP contribution is 2.29. The van der Waals surface area contributed by atoms with E-state index < -0.39 is 20.5 Å². The average molecular weight is 340 g/mol. The van der Waals surface area contributed by atoms with Gasteiger partial charge in [-0.2, -0.15) is 0 Å². The summed E-state index contributed by atoms with van der Waals surface area (Å²) in [4.78, 5) is 12.7. The minimum Gasteiger partial charge on any atom is -0.497 e. The quantitative estimate of drug-likeness (QED) is 0.837. The number of sulfone groups is 1. The third kappa shape index (κ3) is 3.67. The summed E-state index contributed by atoms with van der Waals surface area (Å²) in [6.07, 6.45) is 1.75. The van der Waals surface area contributed by atoms with E-state index in [-0.39, 0.29) is 6.04 Å². The van der Waals surface area contributed by atoms with Crippen LogP contribution in [0.5, 0.6) is 5.75 Å². The van der Waals surface area contributed by atoms with Crippen molar-refractivity contribution in [2.75, 3.05) is 26.5 Å². The molecule has 1 aromatic rings. The van der Waals surface area contributed by atoms with E-state index in [0.29, 0.717) is 25.9 Å². The highest BCUT2D eigenvalue weighted by molar-refractivity contribution is 7.92. The van der Waals surface area contributed by atoms with Gasteiger partial charge in [0.1, 0.15) is 5.75 Å². The third-order valence-electron chi connectivity index (χ3n) is 4.50. The van der Waals surface area contributed by atoms with E-state index in [1.807, 2.05) is 31.2 Å². The van der Waals surface area contributed by atoms with Gasteiger partial charge in [-0.05, 0) is 50.6 Å². The lowest BCUT2D eigenvalue weighted by molar-refractivity contribution is -0.125. The van der Waals surface area contributed by atoms with Gasteiger partial charge in [-0.3, -0.25) is 4.79 Å². The summed E-state index contributed by atoms with van der Waals surface area (Å²) in [5, 5.41) is 5.97. The second-order valence-electron chi connectivity index (χ2n) is 5.98. The fourth-order valence-corrected chi connectivity index (χ4v) is 4.24. The topological polar surface area (TPSA) is 84.5 Å². The summed E-state index contributed by atoms with van der Waals surface area (Å²) in [5.74, 6) is 0.322. The van der Waals surface area contributed by atoms with Gasteiger partial charge in [0.25, 0.3) is 0 Å². The van der Waals surface area contributed by atoms with Gasteiger partial charge in [0.2, 0.25) is 5.91 Å². The number of carbonyl (C=O) groups is 1. The van der Waals surface area contributed by atoms with Crippen LogP contribution < -0.4 is 15.4 Å². The maximum absolute atomic E-state index is 12.7. The van der Waals surface area contributed by atoms with Crippen molar-refractivity contribution in [2.24, 2.45) is 0 Å². The molecule has 1 amide bonds. The fourth-order valence-electron chi connectivity index (χ4n) is 2.90. The number of nitrogens with one attached hydrogen (secondary N) is 2. The molecule has 0 aromatic heterocycles. The number of benzene rings is 1. The van der Waals surface area contributed by atoms with Gasteiger partial charge < -0.3 is 15.4 Å². The van der Waals surface area contributed by atoms with E-state index in [1.165, 1.54) is 0 Å². The van der Waals surface area contributed by atoms with Gasteiger partial charge in [-0.25, -0.2) is 8.42 Å². The minimum atomic E-state index is -3.50. The monoisotopic (exact) mass is 340 g/mol. The molecule has 1 heterocycles. The summed E-state index contributed by atoms with van der Waals surface area (Å²) in [6.45, 7) is 2.89. The Morgan fingerprint density at radius 3 is 2.30 bits per heavy atom. The third-order valence-corrected chi connectivity index (χ3v) is 6.51. The number of ether oxygens (including phenoxy) is 1. The first-order chi connectivity index (χ1) is 10.8. The largest absolute Gasteiger partial charge is 0.497 e. The number of rotatable bonds is 5. The van der Waals surface area contributed by atoms with Gasteiger partial charge in [-0.1, -0.05) is 12.1 Å². The number of piperidine rings is 1. The summed E-state index contributed by atoms with van der Waals surface area (Å²) < 4.78 is 28.3. The second-order valence-corrected chi connectivity index (χ2v) is 8.31. The lowest BCUT2D eigenvalue weighted by Crippen LogP contribution is -2.57. The zero-order valence-corrected chi connectivity index (χ0v) is 14.6. The molecule has 1 aliphatic rings. The minimum absolute atomic E-state index is 0.276. The zero-order chi connectivity index (χ0) is 17.1. The number of methoxy groups -OCH3 is 1. The van der Waals surface area contributed by atoms with Crippen molar-refractivity contribution in [1.29, 1.82) is 0 Å². The molecule has 1 aromatic carbocycles. The number of hydrogen-bond acceptors (Lipinski definition) is 5. The molecule has 0 saturated carbocycles. The Hall–Kier alpha value is -1.60. The summed E-state index contributed by atoms with van der Waals surface area (Å²) in [7, 11) is -1.91. The van der Waals surface area contributed by atoms with Crippen LogP contribution in [0.1, 0.15) is 31.4 Å². The number of amides is 1. The fraction of sp³-hybridized carbons (Fsp3) is 0.562. The summed E-state index contributed by atoms with van der Waals surface area (Å²) in [5.41, 5.74) is 0.900. The molecule has 0 bridgehead atoms. The smallest absolute Gasteiger partial charge is 0.242 e. The Morgan fingerprint density at radius 2 is 1.83 bits per heavy atom. The predicted molar refractivity (Wildman–Crippen MR) is 89.2 cm³/mol. The van der Waals surface area contributed by atoms with Crippen LogP contribution in [0.4, 0.5) is 0 Å². The summed E-state index contributed by atoms with van der Waals surface area (Å²) in [6, 6.07) is 7.07. The van der Waals surface area contributed by atoms with E-state index in [1.54, 1.807) is 7.11 Å². The molecule has 1 saturated heterocycles. The zero-order valence-electron chi connectivity index (χ0n) is 13.8. The molecule has 0 radical (unpaired) electrons. The molecule has 1 fully saturated rings. The van der Waals surface area contributed by atoms with Crippen molar-refractivity contribution in [2.45, 2.75) is 30.6 Å². The van der Waals surface area contributed by atoms with Crippen LogP contribution in [0, 0.1) is 0 Å². The molecule has 0 spiro atoms. The maximum atomic E-state index is 12.7. The normalized spacial score (nSPS) is 18.9. The second kappa shape index (κ2) is 6.88. The Kier molecular flexibility index (Phi) is 5.31. The average Bonchev–Trinajstić information content (AvgIpc) is 2.54. The predicted octanol–water partition coefficient (Wildman–Crippen LogP) is 1.04. The SMILES string of the molecule is COc1ccc(C(C)NC(=O)C2(S(C)(=O)=O)CCNCC2)cc1. The highest BCUT2D eigenvalue weighted by Gasteiger charge is 2.48. The first kappa shape index (κ1) is 17.7. The molecule has 7 heteroatoms. The highest BCUT2D eigenvalue weighted by atomic mass is 32.2. The Bertz CT molecular complexity index is 649. The van der Waals surface area contributed by atoms with Crippen LogP contribution in [-0.2, 0) is 14.6 Å². The molecule has 1 unspecified atom stereocenters. The van der Waals surface area contributed by atoms with Gasteiger partial charge >= 0.3 is 0 Å². The van der Waals surface area contributed by atoms with Crippen LogP contribution in [0.15, 0.2) is 24.3 Å². The van der Waals surface area contributed by atoms with Crippen molar-refractivity contribution in [3.8, 4) is 5.75 Å². The van der Waals surface area contributed by atoms with E-state index in [2.05, 4.69) is 10.6 Å². The molecular formula is C16H24N2O4S. The van der Waals surface area contributed by atoms with Crippen LogP contribution >= 0.6 is 0 Å². The van der Waals surface area contributed by atoms with Gasteiger partial charge in [-0.15, -0.1) is 0 Å². The Balaban J connectivity index is 2.17. The first-order valence-electron chi connectivity index (χ1n) is 7.65. The van der Waals surface area contributed by atoms with Crippen LogP contribution in [-0.4, -0.2) is 45.5 Å². The van der Waals surface area contributed by atoms with Crippen molar-refractivity contribution in [3.05, 3.63) is 29.8 Å². The van der Waals surface area contributed by atoms with E-state index >= 15 is 0 Å². The molecule has 2 rings (SSSR count). The van der Waals surface area contributed by atoms with Crippen molar-refractivity contribution < 1.29 is 17.9 Å². The summed E-state index contributed by atoms with van der Waals surface area (Å²) >= 11 is 0. The standard InChI is InChI=1S/C16H24N2O4S/c1-12(13-4-6-14(22-2)7-5-13)18-15(19)16(23(3,20)21)8-10-17-11-9-16/h4-7,12,17H,8-11H2,1-3H3,(H,18,19). The molecule has 23 heavy (non-hydrogen) atoms. The molecule has 6 nitrogen and oxygen atoms in total. The molecular weight excluding hydrogens is 316 g/mol. The Morgan fingerprint density at radius 1 is 1.26 bits per heavy atom. The lowest BCUT2D eigenvalue weighted by atomic mass is 9.95. The van der Waals surface area contributed by atoms with Crippen LogP contribution in [0.3, 0.4) is 0 Å². The molecule has 1 atom stereocenters. The van der Waals surface area contributed by atoms with E-state index in [9.17, 15) is 13.2 Å². The van der Waals surface area contributed by atoms with Crippen molar-refractivity contribution >= 4 is 15.7 Å². The Labute approximate surface area is 137 Å². The lowest BCUT2D eigenvalue weighted by Gasteiger charge is -2.35. The molecule has 2 N–H and O–H groups in total. The molecule has 1 aliphatic heterocycles. The van der Waals surface area contributed by atoms with E-state index in [4.69, 9.17) is 4.74 Å². The molecule has 128 valence electrons. The van der Waals surface area contributed by atoms with Gasteiger partial charge in [0.15, 0.2) is 14.6 Å². The van der Waals surface area contributed by atoms with E-state index in [0.717, 1.165) is 17.6 Å².